The molecule has 7 heteroatoms. The van der Waals surface area contributed by atoms with E-state index in [-0.39, 0.29) is 11.8 Å². The van der Waals surface area contributed by atoms with Gasteiger partial charge in [-0.2, -0.15) is 0 Å². The summed E-state index contributed by atoms with van der Waals surface area (Å²) in [5.74, 6) is 1.39. The number of benzene rings is 1. The third-order valence-electron chi connectivity index (χ3n) is 5.61. The third-order valence-corrected chi connectivity index (χ3v) is 7.09. The van der Waals surface area contributed by atoms with Crippen molar-refractivity contribution in [2.45, 2.75) is 50.4 Å². The van der Waals surface area contributed by atoms with Gasteiger partial charge in [0.25, 0.3) is 5.91 Å². The maximum atomic E-state index is 13.1. The minimum Gasteiger partial charge on any atom is -0.496 e. The zero-order chi connectivity index (χ0) is 18.8. The number of nitrogens with zero attached hydrogens (tertiary/aromatic N) is 3. The molecule has 1 aromatic heterocycles. The Labute approximate surface area is 168 Å². The van der Waals surface area contributed by atoms with E-state index in [1.807, 2.05) is 4.90 Å². The number of likely N-dealkylation sites (tertiary alicyclic amines) is 1. The van der Waals surface area contributed by atoms with Crippen LogP contribution < -0.4 is 4.74 Å². The van der Waals surface area contributed by atoms with Crippen molar-refractivity contribution in [1.82, 2.24) is 15.1 Å². The van der Waals surface area contributed by atoms with Crippen LogP contribution in [0.4, 0.5) is 0 Å². The molecule has 144 valence electrons. The normalized spacial score (nSPS) is 20.8. The molecule has 2 fully saturated rings. The number of aromatic nitrogens is 2. The number of hydrogen-bond donors (Lipinski definition) is 0. The van der Waals surface area contributed by atoms with Crippen LogP contribution in [0.3, 0.4) is 0 Å². The number of amides is 1. The number of methoxy groups -OCH3 is 1. The molecule has 0 bridgehead atoms. The number of halogens is 1. The first-order valence-corrected chi connectivity index (χ1v) is 10.8. The van der Waals surface area contributed by atoms with Gasteiger partial charge in [0.1, 0.15) is 15.8 Å². The third kappa shape index (κ3) is 3.97. The molecule has 1 amide bonds. The highest BCUT2D eigenvalue weighted by molar-refractivity contribution is 7.11. The lowest BCUT2D eigenvalue weighted by molar-refractivity contribution is 0.0703. The molecule has 1 unspecified atom stereocenters. The Bertz CT molecular complexity index is 819. The zero-order valence-electron chi connectivity index (χ0n) is 15.5. The first-order valence-electron chi connectivity index (χ1n) is 9.62. The molecular formula is C20H24ClN3O2S. The van der Waals surface area contributed by atoms with Gasteiger partial charge in [0, 0.05) is 29.9 Å². The van der Waals surface area contributed by atoms with Gasteiger partial charge in [-0.1, -0.05) is 24.4 Å². The molecule has 1 aromatic carbocycles. The van der Waals surface area contributed by atoms with Crippen LogP contribution >= 0.6 is 22.9 Å². The predicted molar refractivity (Wildman–Crippen MR) is 107 cm³/mol. The number of piperidine rings is 1. The van der Waals surface area contributed by atoms with Crippen molar-refractivity contribution in [3.8, 4) is 5.75 Å². The van der Waals surface area contributed by atoms with Gasteiger partial charge in [-0.3, -0.25) is 4.79 Å². The second-order valence-electron chi connectivity index (χ2n) is 7.39. The monoisotopic (exact) mass is 405 g/mol. The van der Waals surface area contributed by atoms with E-state index in [9.17, 15) is 4.79 Å². The van der Waals surface area contributed by atoms with Crippen LogP contribution in [0.15, 0.2) is 18.2 Å². The fourth-order valence-electron chi connectivity index (χ4n) is 4.13. The molecule has 1 aliphatic heterocycles. The van der Waals surface area contributed by atoms with Crippen molar-refractivity contribution in [3.63, 3.8) is 0 Å². The van der Waals surface area contributed by atoms with Crippen LogP contribution in [0.1, 0.15) is 70.7 Å². The molecule has 2 heterocycles. The van der Waals surface area contributed by atoms with Crippen molar-refractivity contribution in [3.05, 3.63) is 38.8 Å². The van der Waals surface area contributed by atoms with Crippen LogP contribution in [0.25, 0.3) is 0 Å². The van der Waals surface area contributed by atoms with Gasteiger partial charge < -0.3 is 9.64 Å². The lowest BCUT2D eigenvalue weighted by Crippen LogP contribution is -2.39. The number of carbonyl (C=O) groups is 1. The molecule has 0 spiro atoms. The van der Waals surface area contributed by atoms with Crippen molar-refractivity contribution in [1.29, 1.82) is 0 Å². The summed E-state index contributed by atoms with van der Waals surface area (Å²) in [6, 6.07) is 5.17. The molecule has 1 atom stereocenters. The summed E-state index contributed by atoms with van der Waals surface area (Å²) in [6.07, 6.45) is 7.09. The summed E-state index contributed by atoms with van der Waals surface area (Å²) in [5, 5.41) is 11.8. The van der Waals surface area contributed by atoms with E-state index >= 15 is 0 Å². The SMILES string of the molecule is COc1ccc(Cl)cc1C(=O)N1CCCC(c2nnc(C3CCCC3)s2)C1. The maximum absolute atomic E-state index is 13.1. The summed E-state index contributed by atoms with van der Waals surface area (Å²) < 4.78 is 5.36. The molecule has 1 saturated heterocycles. The standard InChI is InChI=1S/C20H24ClN3O2S/c1-26-17-9-8-15(21)11-16(17)20(25)24-10-4-7-14(12-24)19-23-22-18(27-19)13-5-2-3-6-13/h8-9,11,13-14H,2-7,10,12H2,1H3. The quantitative estimate of drug-likeness (QED) is 0.727. The Kier molecular flexibility index (Phi) is 5.64. The fourth-order valence-corrected chi connectivity index (χ4v) is 5.44. The Hall–Kier alpha value is -1.66. The van der Waals surface area contributed by atoms with Gasteiger partial charge in [0.15, 0.2) is 0 Å². The molecule has 27 heavy (non-hydrogen) atoms. The summed E-state index contributed by atoms with van der Waals surface area (Å²) in [6.45, 7) is 1.42. The van der Waals surface area contributed by atoms with E-state index in [0.29, 0.717) is 28.8 Å². The van der Waals surface area contributed by atoms with Gasteiger partial charge >= 0.3 is 0 Å². The van der Waals surface area contributed by atoms with E-state index in [1.165, 1.54) is 30.7 Å². The van der Waals surface area contributed by atoms with Gasteiger partial charge in [0.05, 0.1) is 12.7 Å². The van der Waals surface area contributed by atoms with Crippen LogP contribution in [0, 0.1) is 0 Å². The molecule has 2 aliphatic rings. The smallest absolute Gasteiger partial charge is 0.257 e. The van der Waals surface area contributed by atoms with Crippen molar-refractivity contribution in [2.75, 3.05) is 20.2 Å². The lowest BCUT2D eigenvalue weighted by Gasteiger charge is -2.32. The largest absolute Gasteiger partial charge is 0.496 e. The summed E-state index contributed by atoms with van der Waals surface area (Å²) in [4.78, 5) is 15.0. The van der Waals surface area contributed by atoms with Gasteiger partial charge in [-0.05, 0) is 43.9 Å². The fraction of sp³-hybridized carbons (Fsp3) is 0.550. The summed E-state index contributed by atoms with van der Waals surface area (Å²) >= 11 is 7.85. The van der Waals surface area contributed by atoms with Gasteiger partial charge in [0.2, 0.25) is 0 Å². The molecule has 2 aromatic rings. The van der Waals surface area contributed by atoms with E-state index in [0.717, 1.165) is 24.4 Å². The van der Waals surface area contributed by atoms with Crippen LogP contribution in [0.5, 0.6) is 5.75 Å². The molecule has 1 saturated carbocycles. The average molecular weight is 406 g/mol. The van der Waals surface area contributed by atoms with Crippen molar-refractivity contribution >= 4 is 28.8 Å². The van der Waals surface area contributed by atoms with Crippen LogP contribution in [-0.2, 0) is 0 Å². The first-order chi connectivity index (χ1) is 13.2. The molecule has 0 radical (unpaired) electrons. The number of rotatable bonds is 4. The van der Waals surface area contributed by atoms with Crippen LogP contribution in [0.2, 0.25) is 5.02 Å². The Morgan fingerprint density at radius 1 is 1.15 bits per heavy atom. The Morgan fingerprint density at radius 3 is 2.59 bits per heavy atom. The Balaban J connectivity index is 1.49. The maximum Gasteiger partial charge on any atom is 0.257 e. The minimum absolute atomic E-state index is 0.0282. The van der Waals surface area contributed by atoms with E-state index in [2.05, 4.69) is 10.2 Å². The first kappa shape index (κ1) is 18.7. The Morgan fingerprint density at radius 2 is 1.85 bits per heavy atom. The van der Waals surface area contributed by atoms with Crippen LogP contribution in [-0.4, -0.2) is 41.2 Å². The van der Waals surface area contributed by atoms with E-state index in [1.54, 1.807) is 36.6 Å². The van der Waals surface area contributed by atoms with E-state index < -0.39 is 0 Å². The number of ether oxygens (including phenoxy) is 1. The van der Waals surface area contributed by atoms with Gasteiger partial charge in [-0.25, -0.2) is 0 Å². The number of hydrogen-bond acceptors (Lipinski definition) is 5. The topological polar surface area (TPSA) is 55.3 Å². The predicted octanol–water partition coefficient (Wildman–Crippen LogP) is 4.88. The summed E-state index contributed by atoms with van der Waals surface area (Å²) in [7, 11) is 1.57. The second-order valence-corrected chi connectivity index (χ2v) is 8.87. The average Bonchev–Trinajstić information content (AvgIpc) is 3.39. The molecule has 1 aliphatic carbocycles. The summed E-state index contributed by atoms with van der Waals surface area (Å²) in [5.41, 5.74) is 0.523. The second kappa shape index (κ2) is 8.15. The highest BCUT2D eigenvalue weighted by Crippen LogP contribution is 2.38. The minimum atomic E-state index is -0.0282. The molecule has 5 nitrogen and oxygen atoms in total. The molecular weight excluding hydrogens is 382 g/mol. The van der Waals surface area contributed by atoms with E-state index in [4.69, 9.17) is 16.3 Å². The highest BCUT2D eigenvalue weighted by atomic mass is 35.5. The highest BCUT2D eigenvalue weighted by Gasteiger charge is 2.30. The van der Waals surface area contributed by atoms with Crippen molar-refractivity contribution in [2.24, 2.45) is 0 Å². The van der Waals surface area contributed by atoms with Gasteiger partial charge in [-0.15, -0.1) is 21.5 Å². The lowest BCUT2D eigenvalue weighted by atomic mass is 9.98. The number of carbonyl (C=O) groups excluding carboxylic acids is 1. The molecule has 4 rings (SSSR count). The zero-order valence-corrected chi connectivity index (χ0v) is 17.1. The molecule has 0 N–H and O–H groups in total. The van der Waals surface area contributed by atoms with Crippen molar-refractivity contribution < 1.29 is 9.53 Å².